The number of halogens is 4. The van der Waals surface area contributed by atoms with Gasteiger partial charge in [0.2, 0.25) is 0 Å². The summed E-state index contributed by atoms with van der Waals surface area (Å²) in [4.78, 5) is 0. The highest BCUT2D eigenvalue weighted by Crippen LogP contribution is 2.30. The van der Waals surface area contributed by atoms with Gasteiger partial charge in [0, 0.05) is 11.8 Å². The number of benzene rings is 2. The second kappa shape index (κ2) is 7.52. The zero-order chi connectivity index (χ0) is 19.6. The molecule has 0 radical (unpaired) electrons. The number of hydrogen-bond acceptors (Lipinski definition) is 2. The molecule has 1 N–H and O–H groups in total. The average Bonchev–Trinajstić information content (AvgIpc) is 3.05. The Labute approximate surface area is 153 Å². The van der Waals surface area contributed by atoms with Crippen molar-refractivity contribution in [2.24, 2.45) is 0 Å². The van der Waals surface area contributed by atoms with Gasteiger partial charge in [-0.1, -0.05) is 18.2 Å². The normalized spacial score (nSPS) is 13.0. The van der Waals surface area contributed by atoms with Gasteiger partial charge in [0.05, 0.1) is 23.0 Å². The van der Waals surface area contributed by atoms with Gasteiger partial charge in [-0.15, -0.1) is 0 Å². The Balaban J connectivity index is 1.86. The van der Waals surface area contributed by atoms with Gasteiger partial charge < -0.3 is 5.11 Å². The van der Waals surface area contributed by atoms with E-state index in [1.54, 1.807) is 31.3 Å². The molecule has 0 fully saturated rings. The second-order valence-corrected chi connectivity index (χ2v) is 6.29. The summed E-state index contributed by atoms with van der Waals surface area (Å²) < 4.78 is 53.3. The summed E-state index contributed by atoms with van der Waals surface area (Å²) in [5.74, 6) is -0.307. The quantitative estimate of drug-likeness (QED) is 0.644. The van der Waals surface area contributed by atoms with Crippen LogP contribution in [-0.4, -0.2) is 14.9 Å². The number of aryl methyl sites for hydroxylation is 2. The molecule has 0 aliphatic carbocycles. The maximum atomic E-state index is 13.8. The zero-order valence-electron chi connectivity index (χ0n) is 14.5. The minimum absolute atomic E-state index is 0.307. The lowest BCUT2D eigenvalue weighted by molar-refractivity contribution is -0.137. The van der Waals surface area contributed by atoms with E-state index in [9.17, 15) is 22.7 Å². The van der Waals surface area contributed by atoms with Gasteiger partial charge in [0.25, 0.3) is 0 Å². The Bertz CT molecular complexity index is 914. The smallest absolute Gasteiger partial charge is 0.389 e. The van der Waals surface area contributed by atoms with E-state index in [0.717, 1.165) is 12.1 Å². The number of rotatable bonds is 5. The number of aliphatic hydroxyl groups is 1. The number of hydrogen-bond donors (Lipinski definition) is 1. The van der Waals surface area contributed by atoms with Crippen LogP contribution < -0.4 is 0 Å². The Morgan fingerprint density at radius 3 is 2.30 bits per heavy atom. The van der Waals surface area contributed by atoms with Crippen LogP contribution in [0.25, 0.3) is 5.69 Å². The van der Waals surface area contributed by atoms with Crippen LogP contribution in [0.2, 0.25) is 0 Å². The summed E-state index contributed by atoms with van der Waals surface area (Å²) >= 11 is 0. The Morgan fingerprint density at radius 1 is 1.04 bits per heavy atom. The largest absolute Gasteiger partial charge is 0.416 e. The molecule has 3 aromatic rings. The van der Waals surface area contributed by atoms with E-state index in [4.69, 9.17) is 0 Å². The molecule has 3 nitrogen and oxygen atoms in total. The van der Waals surface area contributed by atoms with Crippen LogP contribution in [0.5, 0.6) is 0 Å². The number of alkyl halides is 3. The van der Waals surface area contributed by atoms with E-state index >= 15 is 0 Å². The van der Waals surface area contributed by atoms with Crippen LogP contribution >= 0.6 is 0 Å². The molecular formula is C20H18F4N2O. The summed E-state index contributed by atoms with van der Waals surface area (Å²) in [6, 6.07) is 11.0. The molecule has 3 rings (SSSR count). The fraction of sp³-hybridized carbons (Fsp3) is 0.250. The lowest BCUT2D eigenvalue weighted by Crippen LogP contribution is -2.05. The molecule has 0 saturated carbocycles. The van der Waals surface area contributed by atoms with Crippen molar-refractivity contribution in [2.45, 2.75) is 32.0 Å². The zero-order valence-corrected chi connectivity index (χ0v) is 14.5. The van der Waals surface area contributed by atoms with E-state index in [1.807, 2.05) is 0 Å². The molecule has 27 heavy (non-hydrogen) atoms. The molecule has 0 spiro atoms. The molecule has 1 unspecified atom stereocenters. The first-order valence-corrected chi connectivity index (χ1v) is 8.43. The first-order chi connectivity index (χ1) is 12.8. The van der Waals surface area contributed by atoms with Crippen LogP contribution in [0.4, 0.5) is 17.6 Å². The number of aromatic nitrogens is 2. The summed E-state index contributed by atoms with van der Waals surface area (Å²) in [7, 11) is 0. The maximum Gasteiger partial charge on any atom is 0.416 e. The molecule has 0 aliphatic heterocycles. The van der Waals surface area contributed by atoms with E-state index in [0.29, 0.717) is 35.3 Å². The highest BCUT2D eigenvalue weighted by atomic mass is 19.4. The maximum absolute atomic E-state index is 13.8. The van der Waals surface area contributed by atoms with Crippen LogP contribution in [-0.2, 0) is 19.0 Å². The van der Waals surface area contributed by atoms with Crippen molar-refractivity contribution in [3.63, 3.8) is 0 Å². The van der Waals surface area contributed by atoms with Crippen LogP contribution in [0.1, 0.15) is 35.4 Å². The molecule has 7 heteroatoms. The topological polar surface area (TPSA) is 38.0 Å². The Morgan fingerprint density at radius 2 is 1.70 bits per heavy atom. The average molecular weight is 378 g/mol. The lowest BCUT2D eigenvalue weighted by atomic mass is 10.0. The molecular weight excluding hydrogens is 360 g/mol. The van der Waals surface area contributed by atoms with Gasteiger partial charge in [-0.05, 0) is 55.7 Å². The third-order valence-electron chi connectivity index (χ3n) is 4.32. The minimum Gasteiger partial charge on any atom is -0.389 e. The number of nitrogens with zero attached hydrogens (tertiary/aromatic N) is 2. The van der Waals surface area contributed by atoms with E-state index in [2.05, 4.69) is 5.10 Å². The van der Waals surface area contributed by atoms with Crippen molar-refractivity contribution in [1.29, 1.82) is 0 Å². The van der Waals surface area contributed by atoms with Crippen molar-refractivity contribution in [3.05, 3.63) is 82.9 Å². The standard InChI is InChI=1S/C20H18F4N2O/c1-13(27)17-12-26(16-9-7-15(8-10-16)20(22,23)24)25-19(17)11-6-14-4-2-3-5-18(14)21/h2-5,7-10,12-13,27H,6,11H2,1H3. The Kier molecular flexibility index (Phi) is 5.32. The van der Waals surface area contributed by atoms with Crippen molar-refractivity contribution in [1.82, 2.24) is 9.78 Å². The second-order valence-electron chi connectivity index (χ2n) is 6.29. The summed E-state index contributed by atoms with van der Waals surface area (Å²) in [6.45, 7) is 1.58. The summed E-state index contributed by atoms with van der Waals surface area (Å²) in [5.41, 5.74) is 1.38. The van der Waals surface area contributed by atoms with Crippen LogP contribution in [0, 0.1) is 5.82 Å². The SMILES string of the molecule is CC(O)c1cn(-c2ccc(C(F)(F)F)cc2)nc1CCc1ccccc1F. The molecule has 1 heterocycles. The lowest BCUT2D eigenvalue weighted by Gasteiger charge is -2.07. The molecule has 0 bridgehead atoms. The van der Waals surface area contributed by atoms with Crippen molar-refractivity contribution < 1.29 is 22.7 Å². The predicted octanol–water partition coefficient (Wildman–Crippen LogP) is 4.87. The molecule has 1 atom stereocenters. The van der Waals surface area contributed by atoms with Crippen molar-refractivity contribution in [3.8, 4) is 5.69 Å². The first-order valence-electron chi connectivity index (χ1n) is 8.43. The van der Waals surface area contributed by atoms with Crippen LogP contribution in [0.3, 0.4) is 0 Å². The first kappa shape index (κ1) is 19.1. The fourth-order valence-electron chi connectivity index (χ4n) is 2.86. The van der Waals surface area contributed by atoms with Gasteiger partial charge in [0.1, 0.15) is 5.82 Å². The van der Waals surface area contributed by atoms with Crippen LogP contribution in [0.15, 0.2) is 54.7 Å². The molecule has 0 amide bonds. The van der Waals surface area contributed by atoms with E-state index in [1.165, 1.54) is 22.9 Å². The third-order valence-corrected chi connectivity index (χ3v) is 4.32. The molecule has 0 saturated heterocycles. The van der Waals surface area contributed by atoms with Gasteiger partial charge in [-0.2, -0.15) is 18.3 Å². The summed E-state index contributed by atoms with van der Waals surface area (Å²) in [6.07, 6.45) is -2.82. The van der Waals surface area contributed by atoms with E-state index in [-0.39, 0.29) is 5.82 Å². The Hall–Kier alpha value is -2.67. The van der Waals surface area contributed by atoms with Gasteiger partial charge in [0.15, 0.2) is 0 Å². The molecule has 142 valence electrons. The minimum atomic E-state index is -4.40. The van der Waals surface area contributed by atoms with Crippen molar-refractivity contribution in [2.75, 3.05) is 0 Å². The van der Waals surface area contributed by atoms with Gasteiger partial charge in [-0.25, -0.2) is 9.07 Å². The van der Waals surface area contributed by atoms with E-state index < -0.39 is 17.8 Å². The number of aliphatic hydroxyl groups excluding tert-OH is 1. The predicted molar refractivity (Wildman–Crippen MR) is 93.0 cm³/mol. The molecule has 1 aromatic heterocycles. The highest BCUT2D eigenvalue weighted by molar-refractivity contribution is 5.37. The molecule has 0 aliphatic rings. The fourth-order valence-corrected chi connectivity index (χ4v) is 2.86. The summed E-state index contributed by atoms with van der Waals surface area (Å²) in [5, 5.41) is 14.4. The van der Waals surface area contributed by atoms with Gasteiger partial charge in [-0.3, -0.25) is 0 Å². The highest BCUT2D eigenvalue weighted by Gasteiger charge is 2.30. The van der Waals surface area contributed by atoms with Crippen molar-refractivity contribution >= 4 is 0 Å². The third kappa shape index (κ3) is 4.36. The monoisotopic (exact) mass is 378 g/mol. The van der Waals surface area contributed by atoms with Gasteiger partial charge >= 0.3 is 6.18 Å². The molecule has 2 aromatic carbocycles.